The van der Waals surface area contributed by atoms with E-state index in [1.165, 1.54) is 12.1 Å². The molecular formula is C20H29F3IN5O. The Labute approximate surface area is 192 Å². The average Bonchev–Trinajstić information content (AvgIpc) is 3.09. The van der Waals surface area contributed by atoms with E-state index in [2.05, 4.69) is 25.2 Å². The number of nitrogens with zero attached hydrogens (tertiary/aromatic N) is 3. The molecule has 6 nitrogen and oxygen atoms in total. The maximum atomic E-state index is 12.2. The maximum Gasteiger partial charge on any atom is 0.422 e. The number of halogens is 4. The van der Waals surface area contributed by atoms with E-state index in [0.717, 1.165) is 43.9 Å². The van der Waals surface area contributed by atoms with Gasteiger partial charge in [0.2, 0.25) is 0 Å². The zero-order valence-corrected chi connectivity index (χ0v) is 19.5. The van der Waals surface area contributed by atoms with E-state index in [1.807, 2.05) is 20.0 Å². The number of aliphatic imine (C=N–C) groups is 1. The summed E-state index contributed by atoms with van der Waals surface area (Å²) in [4.78, 5) is 8.73. The highest BCUT2D eigenvalue weighted by molar-refractivity contribution is 14.0. The van der Waals surface area contributed by atoms with Gasteiger partial charge in [0.25, 0.3) is 0 Å². The fourth-order valence-electron chi connectivity index (χ4n) is 2.62. The number of rotatable bonds is 10. The molecule has 0 atom stereocenters. The fraction of sp³-hybridized carbons (Fsp3) is 0.500. The first-order valence-electron chi connectivity index (χ1n) is 9.66. The maximum absolute atomic E-state index is 12.2. The smallest absolute Gasteiger partial charge is 0.422 e. The highest BCUT2D eigenvalue weighted by Gasteiger charge is 2.28. The summed E-state index contributed by atoms with van der Waals surface area (Å²) in [6, 6.07) is 6.47. The number of ether oxygens (including phenoxy) is 1. The summed E-state index contributed by atoms with van der Waals surface area (Å²) in [5.41, 5.74) is 0.886. The molecule has 168 valence electrons. The van der Waals surface area contributed by atoms with E-state index in [0.29, 0.717) is 12.5 Å². The molecule has 0 unspecified atom stereocenters. The third-order valence-corrected chi connectivity index (χ3v) is 4.13. The van der Waals surface area contributed by atoms with Gasteiger partial charge in [-0.05, 0) is 44.4 Å². The third-order valence-electron chi connectivity index (χ3n) is 4.13. The van der Waals surface area contributed by atoms with Crippen LogP contribution in [0.1, 0.15) is 31.2 Å². The second-order valence-electron chi connectivity index (χ2n) is 6.54. The van der Waals surface area contributed by atoms with E-state index in [4.69, 9.17) is 4.74 Å². The van der Waals surface area contributed by atoms with E-state index in [9.17, 15) is 13.2 Å². The zero-order valence-electron chi connectivity index (χ0n) is 17.2. The topological polar surface area (TPSA) is 63.5 Å². The highest BCUT2D eigenvalue weighted by atomic mass is 127. The summed E-state index contributed by atoms with van der Waals surface area (Å²) in [6.45, 7) is 5.58. The summed E-state index contributed by atoms with van der Waals surface area (Å²) in [5, 5.41) is 6.49. The Bertz CT molecular complexity index is 763. The Morgan fingerprint density at radius 3 is 2.50 bits per heavy atom. The predicted molar refractivity (Wildman–Crippen MR) is 122 cm³/mol. The molecule has 2 N–H and O–H groups in total. The highest BCUT2D eigenvalue weighted by Crippen LogP contribution is 2.19. The van der Waals surface area contributed by atoms with Gasteiger partial charge in [0, 0.05) is 32.0 Å². The molecular weight excluding hydrogens is 510 g/mol. The number of alkyl halides is 3. The van der Waals surface area contributed by atoms with Crippen LogP contribution in [0.3, 0.4) is 0 Å². The summed E-state index contributed by atoms with van der Waals surface area (Å²) in [7, 11) is 0. The van der Waals surface area contributed by atoms with Crippen molar-refractivity contribution < 1.29 is 17.9 Å². The molecule has 0 saturated carbocycles. The SMILES string of the molecule is CCNC(=NCc1ccc(OCC(F)(F)F)cc1)NCCCCn1ccnc1C.I. The number of hydrogen-bond donors (Lipinski definition) is 2. The number of unbranched alkanes of at least 4 members (excludes halogenated alkanes) is 1. The van der Waals surface area contributed by atoms with E-state index >= 15 is 0 Å². The minimum Gasteiger partial charge on any atom is -0.484 e. The standard InChI is InChI=1S/C20H28F3N5O.HI/c1-3-24-19(26-10-4-5-12-28-13-11-25-16(28)2)27-14-17-6-8-18(9-7-17)29-15-20(21,22)23;/h6-9,11,13H,3-5,10,12,14-15H2,1-2H3,(H2,24,26,27);1H. The Balaban J connectivity index is 0.00000450. The normalized spacial score (nSPS) is 11.7. The van der Waals surface area contributed by atoms with Crippen LogP contribution in [0.4, 0.5) is 13.2 Å². The van der Waals surface area contributed by atoms with Crippen LogP contribution in [-0.4, -0.2) is 41.4 Å². The average molecular weight is 539 g/mol. The minimum atomic E-state index is -4.34. The minimum absolute atomic E-state index is 0. The fourth-order valence-corrected chi connectivity index (χ4v) is 2.62. The lowest BCUT2D eigenvalue weighted by Crippen LogP contribution is -2.37. The van der Waals surface area contributed by atoms with Crippen LogP contribution in [0.5, 0.6) is 5.75 Å². The summed E-state index contributed by atoms with van der Waals surface area (Å²) in [5.74, 6) is 1.92. The van der Waals surface area contributed by atoms with Gasteiger partial charge in [0.05, 0.1) is 6.54 Å². The van der Waals surface area contributed by atoms with Gasteiger partial charge in [-0.2, -0.15) is 13.2 Å². The quantitative estimate of drug-likeness (QED) is 0.205. The Morgan fingerprint density at radius 1 is 1.17 bits per heavy atom. The molecule has 0 spiro atoms. The molecule has 10 heteroatoms. The van der Waals surface area contributed by atoms with Crippen molar-refractivity contribution in [3.63, 3.8) is 0 Å². The van der Waals surface area contributed by atoms with Gasteiger partial charge in [0.15, 0.2) is 12.6 Å². The number of hydrogen-bond acceptors (Lipinski definition) is 3. The molecule has 0 amide bonds. The molecule has 2 rings (SSSR count). The van der Waals surface area contributed by atoms with Crippen molar-refractivity contribution in [2.24, 2.45) is 4.99 Å². The van der Waals surface area contributed by atoms with Gasteiger partial charge >= 0.3 is 6.18 Å². The van der Waals surface area contributed by atoms with Crippen molar-refractivity contribution in [3.8, 4) is 5.75 Å². The lowest BCUT2D eigenvalue weighted by atomic mass is 10.2. The first-order chi connectivity index (χ1) is 13.9. The van der Waals surface area contributed by atoms with Crippen molar-refractivity contribution in [1.82, 2.24) is 20.2 Å². The van der Waals surface area contributed by atoms with Crippen LogP contribution in [0.15, 0.2) is 41.7 Å². The number of guanidine groups is 1. The molecule has 30 heavy (non-hydrogen) atoms. The number of imidazole rings is 1. The lowest BCUT2D eigenvalue weighted by molar-refractivity contribution is -0.153. The molecule has 1 heterocycles. The second-order valence-corrected chi connectivity index (χ2v) is 6.54. The first kappa shape index (κ1) is 26.1. The van der Waals surface area contributed by atoms with Crippen molar-refractivity contribution in [1.29, 1.82) is 0 Å². The predicted octanol–water partition coefficient (Wildman–Crippen LogP) is 4.29. The van der Waals surface area contributed by atoms with E-state index in [1.54, 1.807) is 18.3 Å². The molecule has 0 aliphatic carbocycles. The van der Waals surface area contributed by atoms with E-state index < -0.39 is 12.8 Å². The van der Waals surface area contributed by atoms with Crippen LogP contribution in [0.2, 0.25) is 0 Å². The molecule has 0 fully saturated rings. The van der Waals surface area contributed by atoms with Crippen LogP contribution in [-0.2, 0) is 13.1 Å². The Hall–Kier alpha value is -1.98. The van der Waals surface area contributed by atoms with Crippen molar-refractivity contribution >= 4 is 29.9 Å². The summed E-state index contributed by atoms with van der Waals surface area (Å²) in [6.07, 6.45) is 1.47. The Morgan fingerprint density at radius 2 is 1.90 bits per heavy atom. The van der Waals surface area contributed by atoms with Crippen LogP contribution in [0, 0.1) is 6.92 Å². The molecule has 0 saturated heterocycles. The number of benzene rings is 1. The van der Waals surface area contributed by atoms with E-state index in [-0.39, 0.29) is 29.7 Å². The van der Waals surface area contributed by atoms with Crippen LogP contribution >= 0.6 is 24.0 Å². The van der Waals surface area contributed by atoms with Gasteiger partial charge in [-0.3, -0.25) is 0 Å². The van der Waals surface area contributed by atoms with Crippen molar-refractivity contribution in [2.75, 3.05) is 19.7 Å². The first-order valence-corrected chi connectivity index (χ1v) is 9.66. The van der Waals surface area contributed by atoms with Gasteiger partial charge in [0.1, 0.15) is 11.6 Å². The largest absolute Gasteiger partial charge is 0.484 e. The molecule has 0 aliphatic heterocycles. The molecule has 1 aromatic carbocycles. The zero-order chi connectivity index (χ0) is 21.1. The van der Waals surface area contributed by atoms with Crippen molar-refractivity contribution in [3.05, 3.63) is 48.0 Å². The van der Waals surface area contributed by atoms with Crippen LogP contribution < -0.4 is 15.4 Å². The van der Waals surface area contributed by atoms with Crippen LogP contribution in [0.25, 0.3) is 0 Å². The second kappa shape index (κ2) is 13.3. The lowest BCUT2D eigenvalue weighted by Gasteiger charge is -2.12. The summed E-state index contributed by atoms with van der Waals surface area (Å²) >= 11 is 0. The molecule has 0 aliphatic rings. The van der Waals surface area contributed by atoms with Gasteiger partial charge in [-0.25, -0.2) is 9.98 Å². The summed E-state index contributed by atoms with van der Waals surface area (Å²) < 4.78 is 43.4. The molecule has 2 aromatic rings. The third kappa shape index (κ3) is 10.2. The van der Waals surface area contributed by atoms with Gasteiger partial charge in [-0.1, -0.05) is 12.1 Å². The van der Waals surface area contributed by atoms with Gasteiger partial charge in [-0.15, -0.1) is 24.0 Å². The monoisotopic (exact) mass is 539 g/mol. The Kier molecular flexibility index (Phi) is 11.6. The molecule has 0 bridgehead atoms. The van der Waals surface area contributed by atoms with Crippen molar-refractivity contribution in [2.45, 2.75) is 46.0 Å². The number of aryl methyl sites for hydroxylation is 2. The number of aromatic nitrogens is 2. The molecule has 1 aromatic heterocycles. The number of nitrogens with one attached hydrogen (secondary N) is 2. The molecule has 0 radical (unpaired) electrons. The van der Waals surface area contributed by atoms with Gasteiger partial charge < -0.3 is 19.9 Å².